The first-order chi connectivity index (χ1) is 5.29. The number of nitrogens with zero attached hydrogens (tertiary/aromatic N) is 4. The Hall–Kier alpha value is -1.65. The first-order valence-electron chi connectivity index (χ1n) is 3.13. The van der Waals surface area contributed by atoms with Crippen molar-refractivity contribution in [3.8, 4) is 5.75 Å². The van der Waals surface area contributed by atoms with E-state index < -0.39 is 0 Å². The zero-order valence-corrected chi connectivity index (χ0v) is 5.89. The average molecular weight is 150 g/mol. The van der Waals surface area contributed by atoms with Crippen LogP contribution in [0.3, 0.4) is 0 Å². The molecular weight excluding hydrogens is 144 g/mol. The van der Waals surface area contributed by atoms with Gasteiger partial charge in [0.15, 0.2) is 5.75 Å². The lowest BCUT2D eigenvalue weighted by atomic mass is 10.4. The van der Waals surface area contributed by atoms with E-state index in [1.165, 1.54) is 17.0 Å². The Kier molecular flexibility index (Phi) is 1.06. The van der Waals surface area contributed by atoms with Crippen LogP contribution < -0.4 is 0 Å². The quantitative estimate of drug-likeness (QED) is 0.580. The highest BCUT2D eigenvalue weighted by Crippen LogP contribution is 2.12. The van der Waals surface area contributed by atoms with Crippen LogP contribution >= 0.6 is 0 Å². The third-order valence-corrected chi connectivity index (χ3v) is 1.52. The summed E-state index contributed by atoms with van der Waals surface area (Å²) in [6, 6.07) is 0. The van der Waals surface area contributed by atoms with Gasteiger partial charge in [0.05, 0.1) is 11.9 Å². The molecule has 0 fully saturated rings. The summed E-state index contributed by atoms with van der Waals surface area (Å²) in [6.07, 6.45) is 2.76. The molecule has 2 aromatic heterocycles. The normalized spacial score (nSPS) is 10.6. The molecule has 0 saturated heterocycles. The summed E-state index contributed by atoms with van der Waals surface area (Å²) >= 11 is 0. The molecule has 11 heavy (non-hydrogen) atoms. The molecule has 1 N–H and O–H groups in total. The van der Waals surface area contributed by atoms with Gasteiger partial charge in [0.25, 0.3) is 5.78 Å². The van der Waals surface area contributed by atoms with Crippen molar-refractivity contribution >= 4 is 5.78 Å². The number of fused-ring (bicyclic) bond motifs is 1. The predicted molar refractivity (Wildman–Crippen MR) is 37.2 cm³/mol. The van der Waals surface area contributed by atoms with E-state index in [9.17, 15) is 5.11 Å². The fourth-order valence-electron chi connectivity index (χ4n) is 0.881. The van der Waals surface area contributed by atoms with Crippen LogP contribution in [0.2, 0.25) is 0 Å². The standard InChI is InChI=1S/C6H6N4O/c1-4-5(11)2-7-6-8-3-9-10(4)6/h2-3,11H,1H3. The zero-order valence-electron chi connectivity index (χ0n) is 5.89. The summed E-state index contributed by atoms with van der Waals surface area (Å²) in [5, 5.41) is 13.0. The van der Waals surface area contributed by atoms with Gasteiger partial charge in [-0.25, -0.2) is 4.98 Å². The minimum Gasteiger partial charge on any atom is -0.504 e. The van der Waals surface area contributed by atoms with E-state index in [1.807, 2.05) is 0 Å². The topological polar surface area (TPSA) is 63.3 Å². The van der Waals surface area contributed by atoms with Crippen LogP contribution in [0.15, 0.2) is 12.5 Å². The summed E-state index contributed by atoms with van der Waals surface area (Å²) in [5.41, 5.74) is 0.646. The second kappa shape index (κ2) is 1.91. The van der Waals surface area contributed by atoms with Crippen molar-refractivity contribution < 1.29 is 5.11 Å². The van der Waals surface area contributed by atoms with Crippen LogP contribution in [-0.2, 0) is 0 Å². The number of hydrogen-bond donors (Lipinski definition) is 1. The van der Waals surface area contributed by atoms with Gasteiger partial charge in [-0.1, -0.05) is 0 Å². The summed E-state index contributed by atoms with van der Waals surface area (Å²) in [4.78, 5) is 7.69. The Labute approximate surface area is 62.3 Å². The lowest BCUT2D eigenvalue weighted by molar-refractivity contribution is 0.461. The van der Waals surface area contributed by atoms with Crippen LogP contribution in [0.1, 0.15) is 5.69 Å². The van der Waals surface area contributed by atoms with Gasteiger partial charge in [-0.2, -0.15) is 14.6 Å². The molecule has 0 bridgehead atoms. The minimum absolute atomic E-state index is 0.128. The monoisotopic (exact) mass is 150 g/mol. The molecule has 5 heteroatoms. The van der Waals surface area contributed by atoms with Gasteiger partial charge in [0.2, 0.25) is 0 Å². The van der Waals surface area contributed by atoms with Gasteiger partial charge in [-0.15, -0.1) is 0 Å². The number of aryl methyl sites for hydroxylation is 1. The summed E-state index contributed by atoms with van der Waals surface area (Å²) < 4.78 is 1.48. The zero-order chi connectivity index (χ0) is 7.84. The van der Waals surface area contributed by atoms with Crippen LogP contribution in [0.4, 0.5) is 0 Å². The largest absolute Gasteiger partial charge is 0.504 e. The fraction of sp³-hybridized carbons (Fsp3) is 0.167. The lowest BCUT2D eigenvalue weighted by Crippen LogP contribution is -1.95. The third-order valence-electron chi connectivity index (χ3n) is 1.52. The van der Waals surface area contributed by atoms with Gasteiger partial charge in [0, 0.05) is 0 Å². The van der Waals surface area contributed by atoms with E-state index in [1.54, 1.807) is 6.92 Å². The van der Waals surface area contributed by atoms with Crippen molar-refractivity contribution in [1.82, 2.24) is 19.6 Å². The van der Waals surface area contributed by atoms with E-state index in [0.29, 0.717) is 11.5 Å². The average Bonchev–Trinajstić information content (AvgIpc) is 2.45. The minimum atomic E-state index is 0.128. The van der Waals surface area contributed by atoms with Crippen LogP contribution in [0.25, 0.3) is 5.78 Å². The van der Waals surface area contributed by atoms with E-state index >= 15 is 0 Å². The summed E-state index contributed by atoms with van der Waals surface area (Å²) in [7, 11) is 0. The molecule has 2 heterocycles. The van der Waals surface area contributed by atoms with Crippen molar-refractivity contribution in [2.24, 2.45) is 0 Å². The lowest BCUT2D eigenvalue weighted by Gasteiger charge is -1.97. The maximum atomic E-state index is 9.18. The van der Waals surface area contributed by atoms with E-state index in [-0.39, 0.29) is 5.75 Å². The second-order valence-corrected chi connectivity index (χ2v) is 2.20. The van der Waals surface area contributed by atoms with Gasteiger partial charge in [-0.3, -0.25) is 0 Å². The third kappa shape index (κ3) is 0.739. The van der Waals surface area contributed by atoms with Gasteiger partial charge < -0.3 is 5.11 Å². The molecule has 0 unspecified atom stereocenters. The molecule has 0 aromatic carbocycles. The molecule has 0 aliphatic carbocycles. The van der Waals surface area contributed by atoms with Gasteiger partial charge >= 0.3 is 0 Å². The van der Waals surface area contributed by atoms with Crippen molar-refractivity contribution in [3.63, 3.8) is 0 Å². The van der Waals surface area contributed by atoms with Crippen molar-refractivity contribution in [3.05, 3.63) is 18.2 Å². The Morgan fingerprint density at radius 2 is 2.27 bits per heavy atom. The first kappa shape index (κ1) is 6.09. The summed E-state index contributed by atoms with van der Waals surface area (Å²) in [6.45, 7) is 1.75. The maximum Gasteiger partial charge on any atom is 0.252 e. The highest BCUT2D eigenvalue weighted by molar-refractivity contribution is 5.33. The number of aromatic hydroxyl groups is 1. The highest BCUT2D eigenvalue weighted by atomic mass is 16.3. The first-order valence-corrected chi connectivity index (χ1v) is 3.13. The predicted octanol–water partition coefficient (Wildman–Crippen LogP) is 0.138. The Bertz CT molecular complexity index is 394. The summed E-state index contributed by atoms with van der Waals surface area (Å²) in [5.74, 6) is 0.628. The van der Waals surface area contributed by atoms with Crippen LogP contribution in [0.5, 0.6) is 5.75 Å². The van der Waals surface area contributed by atoms with Crippen molar-refractivity contribution in [2.75, 3.05) is 0 Å². The van der Waals surface area contributed by atoms with E-state index in [4.69, 9.17) is 0 Å². The van der Waals surface area contributed by atoms with E-state index in [0.717, 1.165) is 0 Å². The van der Waals surface area contributed by atoms with Crippen molar-refractivity contribution in [1.29, 1.82) is 0 Å². The molecular formula is C6H6N4O. The Balaban J connectivity index is 2.93. The fourth-order valence-corrected chi connectivity index (χ4v) is 0.881. The highest BCUT2D eigenvalue weighted by Gasteiger charge is 2.02. The molecule has 0 aliphatic rings. The van der Waals surface area contributed by atoms with E-state index in [2.05, 4.69) is 15.1 Å². The SMILES string of the molecule is Cc1c(O)cnc2ncnn12. The van der Waals surface area contributed by atoms with Crippen LogP contribution in [0, 0.1) is 6.92 Å². The number of hydrogen-bond acceptors (Lipinski definition) is 4. The molecule has 0 radical (unpaired) electrons. The number of rotatable bonds is 0. The molecule has 56 valence electrons. The maximum absolute atomic E-state index is 9.18. The Morgan fingerprint density at radius 1 is 1.45 bits per heavy atom. The smallest absolute Gasteiger partial charge is 0.252 e. The van der Waals surface area contributed by atoms with Gasteiger partial charge in [0.1, 0.15) is 6.33 Å². The van der Waals surface area contributed by atoms with Gasteiger partial charge in [-0.05, 0) is 6.92 Å². The molecule has 0 atom stereocenters. The second-order valence-electron chi connectivity index (χ2n) is 2.20. The molecule has 2 aromatic rings. The molecule has 5 nitrogen and oxygen atoms in total. The number of aromatic nitrogens is 4. The van der Waals surface area contributed by atoms with Crippen LogP contribution in [-0.4, -0.2) is 24.7 Å². The molecule has 0 spiro atoms. The molecule has 0 saturated carbocycles. The molecule has 0 aliphatic heterocycles. The molecule has 0 amide bonds. The Morgan fingerprint density at radius 3 is 3.09 bits per heavy atom. The molecule has 2 rings (SSSR count). The van der Waals surface area contributed by atoms with Crippen molar-refractivity contribution in [2.45, 2.75) is 6.92 Å².